The van der Waals surface area contributed by atoms with E-state index < -0.39 is 0 Å². The molecule has 408 valence electrons. The number of hydrogen-bond acceptors (Lipinski definition) is 10. The highest BCUT2D eigenvalue weighted by Crippen LogP contribution is 2.36. The summed E-state index contributed by atoms with van der Waals surface area (Å²) in [6.07, 6.45) is 9.15. The summed E-state index contributed by atoms with van der Waals surface area (Å²) in [6, 6.07) is 16.5. The number of rotatable bonds is 28. The van der Waals surface area contributed by atoms with Gasteiger partial charge in [-0.15, -0.1) is 0 Å². The van der Waals surface area contributed by atoms with Crippen molar-refractivity contribution in [3.63, 3.8) is 0 Å². The van der Waals surface area contributed by atoms with Gasteiger partial charge in [-0.3, -0.25) is 19.2 Å². The Hall–Kier alpha value is 0.200. The number of ether oxygens (including phenoxy) is 6. The maximum Gasteiger partial charge on any atom is 0.314 e. The van der Waals surface area contributed by atoms with Crippen LogP contribution in [0.15, 0.2) is 48.5 Å². The first-order chi connectivity index (χ1) is 35.3. The number of carbonyl (C=O) groups excluding carboxylic acids is 4. The van der Waals surface area contributed by atoms with Crippen LogP contribution >= 0.6 is 181 Å². The minimum Gasteiger partial charge on any atom is -0.492 e. The van der Waals surface area contributed by atoms with E-state index in [0.717, 1.165) is 114 Å². The lowest BCUT2D eigenvalue weighted by Crippen LogP contribution is -2.24. The molecular weight excluding hydrogens is 1850 g/mol. The number of esters is 4. The third kappa shape index (κ3) is 22.3. The van der Waals surface area contributed by atoms with Gasteiger partial charge in [0.2, 0.25) is 0 Å². The molecule has 0 spiro atoms. The minimum absolute atomic E-state index is 0.147. The lowest BCUT2D eigenvalue weighted by Gasteiger charge is -2.19. The topological polar surface area (TPSA) is 124 Å². The average molecular weight is 1920 g/mol. The van der Waals surface area contributed by atoms with Crippen LogP contribution < -0.4 is 18.9 Å². The zero-order valence-corrected chi connectivity index (χ0v) is 60.6. The maximum atomic E-state index is 13.3. The van der Waals surface area contributed by atoms with Crippen molar-refractivity contribution in [1.82, 2.24) is 0 Å². The van der Waals surface area contributed by atoms with Gasteiger partial charge in [-0.2, -0.15) is 0 Å². The smallest absolute Gasteiger partial charge is 0.314 e. The molecule has 74 heavy (non-hydrogen) atoms. The molecule has 4 aromatic rings. The molecule has 4 rings (SSSR count). The maximum absolute atomic E-state index is 13.3. The summed E-state index contributed by atoms with van der Waals surface area (Å²) in [5, 5.41) is 0. The highest BCUT2D eigenvalue weighted by atomic mass is 127. The standard InChI is InChI=1S/2C28H34I4O5/c2*1-5-9-19(27(33)36-8-4)11-17-15-23(31)26(24(32)16-17)37-28(34)20(10-6-2)12-18-13-21(29)25(35-7-3)22(30)14-18/h2*13-16,19-20H,5-12H2,1-4H3/t2*19-,20-/m00/s1. The predicted molar refractivity (Wildman–Crippen MR) is 363 cm³/mol. The van der Waals surface area contributed by atoms with E-state index >= 15 is 0 Å². The molecule has 0 unspecified atom stereocenters. The fourth-order valence-electron chi connectivity index (χ4n) is 8.31. The van der Waals surface area contributed by atoms with Crippen molar-refractivity contribution in [2.24, 2.45) is 23.7 Å². The van der Waals surface area contributed by atoms with Crippen LogP contribution in [0, 0.1) is 52.2 Å². The molecule has 0 bridgehead atoms. The van der Waals surface area contributed by atoms with Crippen molar-refractivity contribution in [2.75, 3.05) is 26.4 Å². The van der Waals surface area contributed by atoms with Crippen molar-refractivity contribution < 1.29 is 47.6 Å². The van der Waals surface area contributed by atoms with Gasteiger partial charge in [-0.25, -0.2) is 0 Å². The van der Waals surface area contributed by atoms with Gasteiger partial charge in [0.1, 0.15) is 11.5 Å². The molecule has 0 amide bonds. The molecule has 0 aliphatic carbocycles. The normalized spacial score (nSPS) is 12.6. The second kappa shape index (κ2) is 36.5. The molecule has 0 radical (unpaired) electrons. The highest BCUT2D eigenvalue weighted by molar-refractivity contribution is 14.1. The summed E-state index contributed by atoms with van der Waals surface area (Å²) in [6.45, 7) is 18.0. The number of carbonyl (C=O) groups is 4. The summed E-state index contributed by atoms with van der Waals surface area (Å²) >= 11 is 18.1. The second-order valence-corrected chi connectivity index (χ2v) is 26.8. The third-order valence-electron chi connectivity index (χ3n) is 11.6. The molecule has 0 saturated heterocycles. The fraction of sp³-hybridized carbons (Fsp3) is 0.500. The van der Waals surface area contributed by atoms with Crippen molar-refractivity contribution in [3.8, 4) is 23.0 Å². The first kappa shape index (κ1) is 68.5. The highest BCUT2D eigenvalue weighted by Gasteiger charge is 2.28. The van der Waals surface area contributed by atoms with Crippen LogP contribution in [0.5, 0.6) is 23.0 Å². The van der Waals surface area contributed by atoms with Gasteiger partial charge >= 0.3 is 23.9 Å². The second-order valence-electron chi connectivity index (χ2n) is 17.5. The summed E-state index contributed by atoms with van der Waals surface area (Å²) < 4.78 is 41.8. The van der Waals surface area contributed by atoms with E-state index in [1.54, 1.807) is 0 Å². The zero-order valence-electron chi connectivity index (χ0n) is 43.3. The molecule has 0 aliphatic rings. The molecular formula is C56H68I8O10. The van der Waals surface area contributed by atoms with Crippen molar-refractivity contribution in [2.45, 2.75) is 132 Å². The van der Waals surface area contributed by atoms with Crippen LogP contribution in [0.1, 0.15) is 129 Å². The first-order valence-corrected chi connectivity index (χ1v) is 33.9. The minimum atomic E-state index is -0.237. The number of benzene rings is 4. The van der Waals surface area contributed by atoms with Crippen LogP contribution in [0.25, 0.3) is 0 Å². The Morgan fingerprint density at radius 3 is 0.757 bits per heavy atom. The van der Waals surface area contributed by atoms with Crippen LogP contribution in [0.3, 0.4) is 0 Å². The van der Waals surface area contributed by atoms with Gasteiger partial charge in [0.15, 0.2) is 11.5 Å². The summed E-state index contributed by atoms with van der Waals surface area (Å²) in [5.41, 5.74) is 4.30. The largest absolute Gasteiger partial charge is 0.492 e. The Bertz CT molecular complexity index is 2220. The van der Waals surface area contributed by atoms with E-state index in [4.69, 9.17) is 28.4 Å². The van der Waals surface area contributed by atoms with E-state index in [1.165, 1.54) is 0 Å². The van der Waals surface area contributed by atoms with Crippen LogP contribution in [-0.2, 0) is 54.3 Å². The van der Waals surface area contributed by atoms with Gasteiger partial charge in [0, 0.05) is 0 Å². The van der Waals surface area contributed by atoms with E-state index in [2.05, 4.69) is 233 Å². The Morgan fingerprint density at radius 1 is 0.338 bits per heavy atom. The van der Waals surface area contributed by atoms with Gasteiger partial charge in [-0.1, -0.05) is 53.4 Å². The lowest BCUT2D eigenvalue weighted by atomic mass is 9.94. The Balaban J connectivity index is 0.000000390. The zero-order chi connectivity index (χ0) is 55.1. The monoisotopic (exact) mass is 1920 g/mol. The molecule has 0 aliphatic heterocycles. The van der Waals surface area contributed by atoms with Crippen LogP contribution in [0.4, 0.5) is 0 Å². The van der Waals surface area contributed by atoms with Gasteiger partial charge < -0.3 is 28.4 Å². The molecule has 10 nitrogen and oxygen atoms in total. The number of halogens is 8. The van der Waals surface area contributed by atoms with E-state index in [0.29, 0.717) is 63.6 Å². The van der Waals surface area contributed by atoms with Gasteiger partial charge in [0.05, 0.1) is 78.7 Å². The fourth-order valence-corrected chi connectivity index (χ4v) is 17.0. The number of hydrogen-bond donors (Lipinski definition) is 0. The molecule has 0 saturated carbocycles. The molecule has 4 aromatic carbocycles. The van der Waals surface area contributed by atoms with Gasteiger partial charge in [0.25, 0.3) is 0 Å². The molecule has 0 aromatic heterocycles. The lowest BCUT2D eigenvalue weighted by molar-refractivity contribution is -0.149. The van der Waals surface area contributed by atoms with E-state index in [9.17, 15) is 19.2 Å². The summed E-state index contributed by atoms with van der Waals surface area (Å²) in [4.78, 5) is 51.5. The summed E-state index contributed by atoms with van der Waals surface area (Å²) in [7, 11) is 0. The summed E-state index contributed by atoms with van der Waals surface area (Å²) in [5.74, 6) is 1.46. The van der Waals surface area contributed by atoms with Gasteiger partial charge in [-0.05, 0) is 331 Å². The first-order valence-electron chi connectivity index (χ1n) is 25.2. The SMILES string of the molecule is CCC[C@@H](Cc1cc(I)c(OC(=O)[C@@H](CCC)Cc2cc(I)c(OCC)c(I)c2)c(I)c1)C(=O)OCC.CCC[C@@H](Cc1cc(I)c(OC(=O)[C@@H](CCC)Cc2cc(I)c(OCC)c(I)c2)c(I)c1)C(=O)OCC. The third-order valence-corrected chi connectivity index (χ3v) is 18.0. The molecule has 0 fully saturated rings. The van der Waals surface area contributed by atoms with E-state index in [-0.39, 0.29) is 47.5 Å². The van der Waals surface area contributed by atoms with Crippen LogP contribution in [-0.4, -0.2) is 50.3 Å². The van der Waals surface area contributed by atoms with E-state index in [1.807, 2.05) is 52.0 Å². The van der Waals surface area contributed by atoms with Crippen molar-refractivity contribution in [1.29, 1.82) is 0 Å². The average Bonchev–Trinajstić information content (AvgIpc) is 3.33. The molecule has 4 atom stereocenters. The molecule has 0 heterocycles. The molecule has 18 heteroatoms. The quantitative estimate of drug-likeness (QED) is 0.0308. The van der Waals surface area contributed by atoms with Crippen LogP contribution in [0.2, 0.25) is 0 Å². The molecule has 0 N–H and O–H groups in total. The van der Waals surface area contributed by atoms with Crippen molar-refractivity contribution >= 4 is 205 Å². The predicted octanol–water partition coefficient (Wildman–Crippen LogP) is 17.2. The Labute approximate surface area is 549 Å². The Morgan fingerprint density at radius 2 is 0.554 bits per heavy atom. The van der Waals surface area contributed by atoms with Crippen molar-refractivity contribution in [3.05, 3.63) is 99.3 Å². The Kier molecular flexibility index (Phi) is 33.8.